The molecule has 4 heterocycles. The van der Waals surface area contributed by atoms with Gasteiger partial charge in [-0.25, -0.2) is 24.9 Å². The van der Waals surface area contributed by atoms with E-state index >= 15 is 0 Å². The topological polar surface area (TPSA) is 74.3 Å². The normalized spacial score (nSPS) is 12.9. The van der Waals surface area contributed by atoms with E-state index in [9.17, 15) is 0 Å². The highest BCUT2D eigenvalue weighted by molar-refractivity contribution is 5.81. The van der Waals surface area contributed by atoms with Crippen LogP contribution in [0.2, 0.25) is 0 Å². The Hall–Kier alpha value is -2.83. The van der Waals surface area contributed by atoms with Crippen LogP contribution >= 0.6 is 0 Å². The van der Waals surface area contributed by atoms with Crippen LogP contribution in [0, 0.1) is 13.8 Å². The van der Waals surface area contributed by atoms with E-state index in [2.05, 4.69) is 72.1 Å². The number of rotatable bonds is 4. The smallest absolute Gasteiger partial charge is 0.163 e. The van der Waals surface area contributed by atoms with Crippen LogP contribution in [0.3, 0.4) is 0 Å². The lowest BCUT2D eigenvalue weighted by Gasteiger charge is -2.25. The summed E-state index contributed by atoms with van der Waals surface area (Å²) < 4.78 is 4.26. The molecule has 0 unspecified atom stereocenters. The molecule has 0 saturated carbocycles. The van der Waals surface area contributed by atoms with Crippen molar-refractivity contribution >= 4 is 22.2 Å². The molecule has 0 fully saturated rings. The summed E-state index contributed by atoms with van der Waals surface area (Å²) in [5, 5.41) is 1.14. The Morgan fingerprint density at radius 2 is 1.63 bits per heavy atom. The third kappa shape index (κ3) is 3.36. The van der Waals surface area contributed by atoms with Gasteiger partial charge in [-0.05, 0) is 26.3 Å². The fourth-order valence-electron chi connectivity index (χ4n) is 4.17. The van der Waals surface area contributed by atoms with Crippen molar-refractivity contribution in [3.63, 3.8) is 0 Å². The molecule has 0 radical (unpaired) electrons. The molecule has 7 heteroatoms. The maximum atomic E-state index is 4.80. The molecule has 30 heavy (non-hydrogen) atoms. The van der Waals surface area contributed by atoms with Crippen LogP contribution in [0.5, 0.6) is 0 Å². The Morgan fingerprint density at radius 1 is 0.900 bits per heavy atom. The molecule has 4 aromatic heterocycles. The second-order valence-electron chi connectivity index (χ2n) is 9.93. The van der Waals surface area contributed by atoms with Crippen molar-refractivity contribution in [2.45, 2.75) is 72.3 Å². The number of imidazole rings is 1. The van der Waals surface area contributed by atoms with Crippen molar-refractivity contribution in [3.8, 4) is 0 Å². The van der Waals surface area contributed by atoms with E-state index in [1.807, 2.05) is 24.9 Å². The summed E-state index contributed by atoms with van der Waals surface area (Å²) in [6, 6.07) is 2.22. The molecular weight excluding hydrogens is 374 g/mol. The van der Waals surface area contributed by atoms with Gasteiger partial charge in [0, 0.05) is 35.5 Å². The summed E-state index contributed by atoms with van der Waals surface area (Å²) in [6.07, 6.45) is 4.41. The lowest BCUT2D eigenvalue weighted by Crippen LogP contribution is -2.23. The third-order valence-corrected chi connectivity index (χ3v) is 5.88. The molecule has 0 aliphatic rings. The van der Waals surface area contributed by atoms with Crippen LogP contribution in [0.4, 0.5) is 0 Å². The highest BCUT2D eigenvalue weighted by Crippen LogP contribution is 2.33. The molecule has 0 bridgehead atoms. The summed E-state index contributed by atoms with van der Waals surface area (Å²) >= 11 is 0. The standard InChI is InChI=1S/C23H31N7/c1-14-11-16-18(22(3,4)5)24-12-25-20(16)30(14)10-9-23(6,7)19-17-21(28-15(2)27-19)29(8)13-26-17/h11-13H,9-10H2,1-8H3. The Morgan fingerprint density at radius 3 is 2.33 bits per heavy atom. The van der Waals surface area contributed by atoms with Gasteiger partial charge in [0.15, 0.2) is 5.65 Å². The maximum absolute atomic E-state index is 4.80. The quantitative estimate of drug-likeness (QED) is 0.503. The molecule has 0 aromatic carbocycles. The Bertz CT molecular complexity index is 1240. The molecular formula is C23H31N7. The Kier molecular flexibility index (Phi) is 4.67. The minimum Gasteiger partial charge on any atom is -0.330 e. The van der Waals surface area contributed by atoms with Crippen molar-refractivity contribution in [2.24, 2.45) is 7.05 Å². The lowest BCUT2D eigenvalue weighted by atomic mass is 9.84. The second-order valence-corrected chi connectivity index (χ2v) is 9.93. The van der Waals surface area contributed by atoms with E-state index in [4.69, 9.17) is 4.98 Å². The van der Waals surface area contributed by atoms with Gasteiger partial charge in [0.1, 0.15) is 23.3 Å². The van der Waals surface area contributed by atoms with Gasteiger partial charge in [-0.1, -0.05) is 34.6 Å². The molecule has 4 rings (SSSR count). The molecule has 0 N–H and O–H groups in total. The first-order chi connectivity index (χ1) is 14.0. The van der Waals surface area contributed by atoms with Crippen molar-refractivity contribution < 1.29 is 0 Å². The summed E-state index contributed by atoms with van der Waals surface area (Å²) in [4.78, 5) is 23.2. The van der Waals surface area contributed by atoms with Crippen molar-refractivity contribution in [1.82, 2.24) is 34.1 Å². The fourth-order valence-corrected chi connectivity index (χ4v) is 4.17. The Labute approximate surface area is 177 Å². The van der Waals surface area contributed by atoms with E-state index in [0.29, 0.717) is 0 Å². The van der Waals surface area contributed by atoms with Gasteiger partial charge in [-0.2, -0.15) is 0 Å². The highest BCUT2D eigenvalue weighted by Gasteiger charge is 2.28. The first kappa shape index (κ1) is 20.4. The minimum absolute atomic E-state index is 0.0256. The van der Waals surface area contributed by atoms with E-state index in [-0.39, 0.29) is 10.8 Å². The van der Waals surface area contributed by atoms with Gasteiger partial charge in [0.05, 0.1) is 17.7 Å². The van der Waals surface area contributed by atoms with Crippen LogP contribution in [0.15, 0.2) is 18.7 Å². The van der Waals surface area contributed by atoms with Crippen LogP contribution in [0.25, 0.3) is 22.2 Å². The monoisotopic (exact) mass is 405 g/mol. The molecule has 0 amide bonds. The number of hydrogen-bond donors (Lipinski definition) is 0. The van der Waals surface area contributed by atoms with Crippen LogP contribution in [-0.2, 0) is 24.4 Å². The second kappa shape index (κ2) is 6.86. The van der Waals surface area contributed by atoms with Gasteiger partial charge in [0.25, 0.3) is 0 Å². The average Bonchev–Trinajstić information content (AvgIpc) is 3.17. The minimum atomic E-state index is -0.163. The molecule has 7 nitrogen and oxygen atoms in total. The first-order valence-electron chi connectivity index (χ1n) is 10.5. The number of hydrogen-bond acceptors (Lipinski definition) is 5. The zero-order valence-corrected chi connectivity index (χ0v) is 19.3. The highest BCUT2D eigenvalue weighted by atomic mass is 15.1. The summed E-state index contributed by atoms with van der Waals surface area (Å²) in [5.41, 5.74) is 5.89. The van der Waals surface area contributed by atoms with Gasteiger partial charge in [-0.15, -0.1) is 0 Å². The van der Waals surface area contributed by atoms with Crippen LogP contribution in [-0.4, -0.2) is 34.1 Å². The number of fused-ring (bicyclic) bond motifs is 2. The maximum Gasteiger partial charge on any atom is 0.163 e. The molecule has 0 aliphatic carbocycles. The van der Waals surface area contributed by atoms with E-state index in [1.54, 1.807) is 6.33 Å². The van der Waals surface area contributed by atoms with Crippen LogP contribution < -0.4 is 0 Å². The average molecular weight is 406 g/mol. The van der Waals surface area contributed by atoms with E-state index < -0.39 is 0 Å². The van der Waals surface area contributed by atoms with E-state index in [0.717, 1.165) is 52.4 Å². The first-order valence-corrected chi connectivity index (χ1v) is 10.5. The zero-order chi connectivity index (χ0) is 21.8. The number of nitrogens with zero attached hydrogens (tertiary/aromatic N) is 7. The molecule has 0 aliphatic heterocycles. The summed E-state index contributed by atoms with van der Waals surface area (Å²) in [7, 11) is 1.97. The molecule has 0 saturated heterocycles. The van der Waals surface area contributed by atoms with Gasteiger partial charge < -0.3 is 9.13 Å². The van der Waals surface area contributed by atoms with Gasteiger partial charge in [-0.3, -0.25) is 0 Å². The molecule has 158 valence electrons. The number of aryl methyl sites for hydroxylation is 4. The van der Waals surface area contributed by atoms with E-state index in [1.165, 1.54) is 5.69 Å². The predicted octanol–water partition coefficient (Wildman–Crippen LogP) is 4.39. The summed E-state index contributed by atoms with van der Waals surface area (Å²) in [5.74, 6) is 0.777. The molecule has 0 spiro atoms. The van der Waals surface area contributed by atoms with Crippen molar-refractivity contribution in [2.75, 3.05) is 0 Å². The third-order valence-electron chi connectivity index (χ3n) is 5.88. The van der Waals surface area contributed by atoms with Crippen molar-refractivity contribution in [3.05, 3.63) is 41.6 Å². The number of aromatic nitrogens is 7. The Balaban J connectivity index is 1.72. The lowest BCUT2D eigenvalue weighted by molar-refractivity contribution is 0.429. The molecule has 0 atom stereocenters. The SMILES string of the molecule is Cc1nc(C(C)(C)CCn2c(C)cc3c(C(C)(C)C)ncnc32)c2ncn(C)c2n1. The van der Waals surface area contributed by atoms with Crippen molar-refractivity contribution in [1.29, 1.82) is 0 Å². The zero-order valence-electron chi connectivity index (χ0n) is 19.3. The molecule has 4 aromatic rings. The summed E-state index contributed by atoms with van der Waals surface area (Å²) in [6.45, 7) is 16.0. The van der Waals surface area contributed by atoms with Gasteiger partial charge in [0.2, 0.25) is 0 Å². The largest absolute Gasteiger partial charge is 0.330 e. The fraction of sp³-hybridized carbons (Fsp3) is 0.522. The predicted molar refractivity (Wildman–Crippen MR) is 120 cm³/mol. The van der Waals surface area contributed by atoms with Gasteiger partial charge >= 0.3 is 0 Å². The van der Waals surface area contributed by atoms with Crippen LogP contribution in [0.1, 0.15) is 63.9 Å².